The van der Waals surface area contributed by atoms with Crippen LogP contribution in [0.15, 0.2) is 24.3 Å². The Hall–Kier alpha value is -1.55. The van der Waals surface area contributed by atoms with Crippen LogP contribution < -0.4 is 11.1 Å². The first-order valence-electron chi connectivity index (χ1n) is 6.32. The number of carbonyl (C=O) groups is 1. The van der Waals surface area contributed by atoms with Gasteiger partial charge in [-0.05, 0) is 37.0 Å². The Balaban J connectivity index is 2.11. The Morgan fingerprint density at radius 1 is 1.28 bits per heavy atom. The summed E-state index contributed by atoms with van der Waals surface area (Å²) in [5.74, 6) is 0.101. The summed E-state index contributed by atoms with van der Waals surface area (Å²) < 4.78 is 4.94. The van der Waals surface area contributed by atoms with Crippen molar-refractivity contribution in [1.29, 1.82) is 0 Å². The number of carbonyl (C=O) groups excluding carboxylic acids is 1. The maximum Gasteiger partial charge on any atom is 0.220 e. The third kappa shape index (κ3) is 6.25. The molecule has 1 aromatic rings. The number of aryl methyl sites for hydroxylation is 1. The average Bonchev–Trinajstić information content (AvgIpc) is 2.38. The number of amides is 1. The predicted octanol–water partition coefficient (Wildman–Crippen LogP) is 1.74. The van der Waals surface area contributed by atoms with E-state index in [9.17, 15) is 4.79 Å². The molecule has 0 saturated heterocycles. The van der Waals surface area contributed by atoms with Gasteiger partial charge in [-0.3, -0.25) is 4.79 Å². The standard InChI is InChI=1S/C14H22N2O2/c1-18-11-3-2-10-16-14(17)9-6-12-4-7-13(15)8-5-12/h4-5,7-8H,2-3,6,9-11,15H2,1H3,(H,16,17). The first-order chi connectivity index (χ1) is 8.72. The molecule has 0 radical (unpaired) electrons. The number of anilines is 1. The number of hydrogen-bond acceptors (Lipinski definition) is 3. The van der Waals surface area contributed by atoms with Gasteiger partial charge < -0.3 is 15.8 Å². The van der Waals surface area contributed by atoms with Crippen molar-refractivity contribution in [2.75, 3.05) is 26.0 Å². The van der Waals surface area contributed by atoms with Crippen LogP contribution in [0.2, 0.25) is 0 Å². The molecule has 0 fully saturated rings. The van der Waals surface area contributed by atoms with Gasteiger partial charge in [-0.15, -0.1) is 0 Å². The number of nitrogens with one attached hydrogen (secondary N) is 1. The second-order valence-corrected chi connectivity index (χ2v) is 4.29. The van der Waals surface area contributed by atoms with Crippen LogP contribution in [0.5, 0.6) is 0 Å². The van der Waals surface area contributed by atoms with E-state index in [0.717, 1.165) is 43.7 Å². The summed E-state index contributed by atoms with van der Waals surface area (Å²) in [6, 6.07) is 7.64. The lowest BCUT2D eigenvalue weighted by Gasteiger charge is -2.05. The summed E-state index contributed by atoms with van der Waals surface area (Å²) in [5, 5.41) is 2.90. The number of ether oxygens (including phenoxy) is 1. The van der Waals surface area contributed by atoms with Crippen molar-refractivity contribution < 1.29 is 9.53 Å². The number of methoxy groups -OCH3 is 1. The molecule has 0 atom stereocenters. The molecule has 0 aromatic heterocycles. The molecule has 0 aliphatic carbocycles. The van der Waals surface area contributed by atoms with Crippen LogP contribution in [0.25, 0.3) is 0 Å². The van der Waals surface area contributed by atoms with E-state index < -0.39 is 0 Å². The van der Waals surface area contributed by atoms with Gasteiger partial charge in [0, 0.05) is 32.4 Å². The summed E-state index contributed by atoms with van der Waals surface area (Å²) in [7, 11) is 1.69. The molecule has 0 bridgehead atoms. The molecule has 0 heterocycles. The van der Waals surface area contributed by atoms with Gasteiger partial charge in [0.15, 0.2) is 0 Å². The van der Waals surface area contributed by atoms with E-state index in [1.54, 1.807) is 7.11 Å². The van der Waals surface area contributed by atoms with Crippen molar-refractivity contribution in [3.05, 3.63) is 29.8 Å². The van der Waals surface area contributed by atoms with Crippen LogP contribution in [-0.2, 0) is 16.0 Å². The van der Waals surface area contributed by atoms with Gasteiger partial charge in [-0.1, -0.05) is 12.1 Å². The van der Waals surface area contributed by atoms with Crippen LogP contribution in [-0.4, -0.2) is 26.2 Å². The quantitative estimate of drug-likeness (QED) is 0.545. The van der Waals surface area contributed by atoms with E-state index in [1.165, 1.54) is 0 Å². The number of hydrogen-bond donors (Lipinski definition) is 2. The zero-order valence-corrected chi connectivity index (χ0v) is 10.9. The Labute approximate surface area is 109 Å². The second kappa shape index (κ2) is 8.53. The van der Waals surface area contributed by atoms with Crippen molar-refractivity contribution in [2.24, 2.45) is 0 Å². The van der Waals surface area contributed by atoms with Crippen molar-refractivity contribution >= 4 is 11.6 Å². The summed E-state index contributed by atoms with van der Waals surface area (Å²) >= 11 is 0. The van der Waals surface area contributed by atoms with Gasteiger partial charge in [0.25, 0.3) is 0 Å². The van der Waals surface area contributed by atoms with E-state index in [-0.39, 0.29) is 5.91 Å². The summed E-state index contributed by atoms with van der Waals surface area (Å²) in [5.41, 5.74) is 7.49. The van der Waals surface area contributed by atoms with E-state index in [0.29, 0.717) is 6.42 Å². The first kappa shape index (κ1) is 14.5. The molecule has 1 rings (SSSR count). The highest BCUT2D eigenvalue weighted by Crippen LogP contribution is 2.07. The second-order valence-electron chi connectivity index (χ2n) is 4.29. The molecule has 18 heavy (non-hydrogen) atoms. The lowest BCUT2D eigenvalue weighted by Crippen LogP contribution is -2.24. The van der Waals surface area contributed by atoms with E-state index >= 15 is 0 Å². The number of benzene rings is 1. The molecule has 1 amide bonds. The van der Waals surface area contributed by atoms with Crippen LogP contribution >= 0.6 is 0 Å². The molecular formula is C14H22N2O2. The van der Waals surface area contributed by atoms with Crippen molar-refractivity contribution in [1.82, 2.24) is 5.32 Å². The van der Waals surface area contributed by atoms with Crippen molar-refractivity contribution in [3.63, 3.8) is 0 Å². The minimum atomic E-state index is 0.101. The molecule has 0 aliphatic rings. The predicted molar refractivity (Wildman–Crippen MR) is 73.3 cm³/mol. The highest BCUT2D eigenvalue weighted by atomic mass is 16.5. The van der Waals surface area contributed by atoms with E-state index in [1.807, 2.05) is 24.3 Å². The van der Waals surface area contributed by atoms with Gasteiger partial charge in [0.05, 0.1) is 0 Å². The normalized spacial score (nSPS) is 10.3. The molecule has 0 spiro atoms. The molecule has 0 saturated carbocycles. The Morgan fingerprint density at radius 2 is 2.00 bits per heavy atom. The van der Waals surface area contributed by atoms with Crippen LogP contribution in [0.4, 0.5) is 5.69 Å². The van der Waals surface area contributed by atoms with E-state index in [4.69, 9.17) is 10.5 Å². The van der Waals surface area contributed by atoms with Crippen molar-refractivity contribution in [3.8, 4) is 0 Å². The fourth-order valence-corrected chi connectivity index (χ4v) is 1.63. The Morgan fingerprint density at radius 3 is 2.67 bits per heavy atom. The fourth-order valence-electron chi connectivity index (χ4n) is 1.63. The van der Waals surface area contributed by atoms with Crippen LogP contribution in [0.1, 0.15) is 24.8 Å². The highest BCUT2D eigenvalue weighted by Gasteiger charge is 2.01. The topological polar surface area (TPSA) is 64.3 Å². The molecule has 3 N–H and O–H groups in total. The summed E-state index contributed by atoms with van der Waals surface area (Å²) in [6.45, 7) is 1.48. The minimum Gasteiger partial charge on any atom is -0.399 e. The smallest absolute Gasteiger partial charge is 0.220 e. The highest BCUT2D eigenvalue weighted by molar-refractivity contribution is 5.76. The fraction of sp³-hybridized carbons (Fsp3) is 0.500. The number of nitrogen functional groups attached to an aromatic ring is 1. The molecule has 0 aliphatic heterocycles. The maximum atomic E-state index is 11.5. The monoisotopic (exact) mass is 250 g/mol. The molecular weight excluding hydrogens is 228 g/mol. The van der Waals surface area contributed by atoms with Gasteiger partial charge in [0.2, 0.25) is 5.91 Å². The first-order valence-corrected chi connectivity index (χ1v) is 6.32. The largest absolute Gasteiger partial charge is 0.399 e. The number of rotatable bonds is 8. The molecule has 0 unspecified atom stereocenters. The minimum absolute atomic E-state index is 0.101. The zero-order chi connectivity index (χ0) is 13.2. The molecule has 4 heteroatoms. The van der Waals surface area contributed by atoms with Crippen LogP contribution in [0.3, 0.4) is 0 Å². The average molecular weight is 250 g/mol. The van der Waals surface area contributed by atoms with Gasteiger partial charge in [-0.25, -0.2) is 0 Å². The molecule has 4 nitrogen and oxygen atoms in total. The third-order valence-electron chi connectivity index (χ3n) is 2.72. The lowest BCUT2D eigenvalue weighted by molar-refractivity contribution is -0.121. The van der Waals surface area contributed by atoms with Gasteiger partial charge >= 0.3 is 0 Å². The van der Waals surface area contributed by atoms with Gasteiger partial charge in [-0.2, -0.15) is 0 Å². The van der Waals surface area contributed by atoms with Crippen molar-refractivity contribution in [2.45, 2.75) is 25.7 Å². The third-order valence-corrected chi connectivity index (χ3v) is 2.72. The maximum absolute atomic E-state index is 11.5. The van der Waals surface area contributed by atoms with Gasteiger partial charge in [0.1, 0.15) is 0 Å². The Kier molecular flexibility index (Phi) is 6.87. The summed E-state index contributed by atoms with van der Waals surface area (Å²) in [6.07, 6.45) is 3.22. The van der Waals surface area contributed by atoms with E-state index in [2.05, 4.69) is 5.32 Å². The zero-order valence-electron chi connectivity index (χ0n) is 10.9. The Bertz CT molecular complexity index is 349. The SMILES string of the molecule is COCCCCNC(=O)CCc1ccc(N)cc1. The number of nitrogens with two attached hydrogens (primary N) is 1. The molecule has 100 valence electrons. The number of unbranched alkanes of at least 4 members (excludes halogenated alkanes) is 1. The lowest BCUT2D eigenvalue weighted by atomic mass is 10.1. The molecule has 1 aromatic carbocycles. The summed E-state index contributed by atoms with van der Waals surface area (Å²) in [4.78, 5) is 11.5. The van der Waals surface area contributed by atoms with Crippen LogP contribution in [0, 0.1) is 0 Å².